The van der Waals surface area contributed by atoms with Crippen LogP contribution < -0.4 is 0 Å². The number of aliphatic carboxylic acids is 1. The van der Waals surface area contributed by atoms with Crippen molar-refractivity contribution in [3.8, 4) is 0 Å². The Morgan fingerprint density at radius 1 is 1.27 bits per heavy atom. The molecular weight excluding hydrogens is 348 g/mol. The van der Waals surface area contributed by atoms with E-state index < -0.39 is 11.5 Å². The number of amides is 1. The molecule has 0 aliphatic carbocycles. The lowest BCUT2D eigenvalue weighted by Gasteiger charge is -2.34. The third kappa shape index (κ3) is 3.44. The van der Waals surface area contributed by atoms with Crippen LogP contribution in [0.4, 0.5) is 0 Å². The number of carboxylic acid groups (broad SMARTS) is 1. The van der Waals surface area contributed by atoms with Gasteiger partial charge in [0.15, 0.2) is 0 Å². The minimum absolute atomic E-state index is 0.315. The van der Waals surface area contributed by atoms with Gasteiger partial charge in [0.1, 0.15) is 6.54 Å². The molecule has 0 saturated heterocycles. The van der Waals surface area contributed by atoms with E-state index in [1.807, 2.05) is 32.9 Å². The van der Waals surface area contributed by atoms with Gasteiger partial charge in [-0.15, -0.1) is 0 Å². The Morgan fingerprint density at radius 2 is 1.95 bits per heavy atom. The SMILES string of the molecule is CC(C)(C)N(CC(=O)O)C(=O)c1ccnc2cc(Br)ccc12. The maximum absolute atomic E-state index is 12.8. The largest absolute Gasteiger partial charge is 0.480 e. The summed E-state index contributed by atoms with van der Waals surface area (Å²) in [5.74, 6) is -1.35. The van der Waals surface area contributed by atoms with E-state index in [0.717, 1.165) is 4.47 Å². The molecule has 0 atom stereocenters. The number of nitrogens with zero attached hydrogens (tertiary/aromatic N) is 2. The predicted molar refractivity (Wildman–Crippen MR) is 87.9 cm³/mol. The highest BCUT2D eigenvalue weighted by atomic mass is 79.9. The van der Waals surface area contributed by atoms with Crippen LogP contribution in [-0.4, -0.2) is 39.0 Å². The first kappa shape index (κ1) is 16.4. The van der Waals surface area contributed by atoms with Crippen LogP contribution in [0, 0.1) is 0 Å². The van der Waals surface area contributed by atoms with Crippen molar-refractivity contribution >= 4 is 38.7 Å². The van der Waals surface area contributed by atoms with Crippen molar-refractivity contribution in [2.75, 3.05) is 6.54 Å². The van der Waals surface area contributed by atoms with E-state index in [1.54, 1.807) is 18.3 Å². The fourth-order valence-corrected chi connectivity index (χ4v) is 2.55. The second-order valence-electron chi connectivity index (χ2n) is 5.98. The fourth-order valence-electron chi connectivity index (χ4n) is 2.20. The van der Waals surface area contributed by atoms with Gasteiger partial charge in [0.05, 0.1) is 11.1 Å². The Morgan fingerprint density at radius 3 is 2.55 bits per heavy atom. The van der Waals surface area contributed by atoms with Gasteiger partial charge in [-0.1, -0.05) is 22.0 Å². The first-order valence-electron chi connectivity index (χ1n) is 6.78. The van der Waals surface area contributed by atoms with Crippen LogP contribution in [0.15, 0.2) is 34.9 Å². The Hall–Kier alpha value is -1.95. The molecule has 6 heteroatoms. The Labute approximate surface area is 137 Å². The fraction of sp³-hybridized carbons (Fsp3) is 0.312. The van der Waals surface area contributed by atoms with Gasteiger partial charge in [-0.3, -0.25) is 14.6 Å². The van der Waals surface area contributed by atoms with E-state index in [2.05, 4.69) is 20.9 Å². The number of carbonyl (C=O) groups is 2. The van der Waals surface area contributed by atoms with Gasteiger partial charge in [-0.05, 0) is 39.0 Å². The number of aromatic nitrogens is 1. The lowest BCUT2D eigenvalue weighted by atomic mass is 10.0. The van der Waals surface area contributed by atoms with Crippen molar-refractivity contribution in [2.45, 2.75) is 26.3 Å². The highest BCUT2D eigenvalue weighted by Crippen LogP contribution is 2.24. The summed E-state index contributed by atoms with van der Waals surface area (Å²) in [7, 11) is 0. The lowest BCUT2D eigenvalue weighted by Crippen LogP contribution is -2.48. The van der Waals surface area contributed by atoms with Gasteiger partial charge >= 0.3 is 5.97 Å². The summed E-state index contributed by atoms with van der Waals surface area (Å²) in [5, 5.41) is 9.78. The zero-order valence-corrected chi connectivity index (χ0v) is 14.2. The number of pyridine rings is 1. The van der Waals surface area contributed by atoms with Gasteiger partial charge in [0, 0.05) is 21.6 Å². The molecule has 0 fully saturated rings. The van der Waals surface area contributed by atoms with Crippen molar-refractivity contribution in [1.82, 2.24) is 9.88 Å². The average molecular weight is 365 g/mol. The molecule has 0 bridgehead atoms. The maximum Gasteiger partial charge on any atom is 0.323 e. The standard InChI is InChI=1S/C16H17BrN2O3/c1-16(2,3)19(9-14(20)21)15(22)12-6-7-18-13-8-10(17)4-5-11(12)13/h4-8H,9H2,1-3H3,(H,20,21). The zero-order valence-electron chi connectivity index (χ0n) is 12.6. The minimum Gasteiger partial charge on any atom is -0.480 e. The molecule has 0 aliphatic rings. The average Bonchev–Trinajstić information content (AvgIpc) is 2.41. The van der Waals surface area contributed by atoms with Gasteiger partial charge in [0.2, 0.25) is 0 Å². The van der Waals surface area contributed by atoms with Crippen molar-refractivity contribution in [3.05, 3.63) is 40.5 Å². The number of rotatable bonds is 3. The van der Waals surface area contributed by atoms with Crippen LogP contribution in [0.5, 0.6) is 0 Å². The molecule has 116 valence electrons. The number of hydrogen-bond acceptors (Lipinski definition) is 3. The van der Waals surface area contributed by atoms with E-state index in [0.29, 0.717) is 16.5 Å². The van der Waals surface area contributed by atoms with E-state index in [9.17, 15) is 9.59 Å². The lowest BCUT2D eigenvalue weighted by molar-refractivity contribution is -0.138. The van der Waals surface area contributed by atoms with E-state index in [1.165, 1.54) is 4.90 Å². The van der Waals surface area contributed by atoms with Crippen LogP contribution in [-0.2, 0) is 4.79 Å². The molecule has 1 heterocycles. The Balaban J connectivity index is 2.53. The number of halogens is 1. The summed E-state index contributed by atoms with van der Waals surface area (Å²) >= 11 is 3.37. The van der Waals surface area contributed by atoms with E-state index in [4.69, 9.17) is 5.11 Å². The molecule has 22 heavy (non-hydrogen) atoms. The number of benzene rings is 1. The monoisotopic (exact) mass is 364 g/mol. The van der Waals surface area contributed by atoms with Crippen LogP contribution in [0.3, 0.4) is 0 Å². The Bertz CT molecular complexity index is 738. The topological polar surface area (TPSA) is 70.5 Å². The molecule has 1 aromatic carbocycles. The molecule has 1 N–H and O–H groups in total. The van der Waals surface area contributed by atoms with Gasteiger partial charge in [-0.2, -0.15) is 0 Å². The first-order valence-corrected chi connectivity index (χ1v) is 7.57. The molecule has 0 saturated carbocycles. The van der Waals surface area contributed by atoms with Crippen molar-refractivity contribution in [3.63, 3.8) is 0 Å². The molecule has 2 aromatic rings. The van der Waals surface area contributed by atoms with Gasteiger partial charge in [-0.25, -0.2) is 0 Å². The molecule has 0 unspecified atom stereocenters. The maximum atomic E-state index is 12.8. The summed E-state index contributed by atoms with van der Waals surface area (Å²) < 4.78 is 0.871. The quantitative estimate of drug-likeness (QED) is 0.906. The van der Waals surface area contributed by atoms with Crippen molar-refractivity contribution in [2.24, 2.45) is 0 Å². The first-order chi connectivity index (χ1) is 10.2. The molecule has 0 radical (unpaired) electrons. The summed E-state index contributed by atoms with van der Waals surface area (Å²) in [4.78, 5) is 29.5. The van der Waals surface area contributed by atoms with Crippen LogP contribution in [0.2, 0.25) is 0 Å². The van der Waals surface area contributed by atoms with E-state index >= 15 is 0 Å². The van der Waals surface area contributed by atoms with Crippen molar-refractivity contribution in [1.29, 1.82) is 0 Å². The zero-order chi connectivity index (χ0) is 16.5. The summed E-state index contributed by atoms with van der Waals surface area (Å²) in [5.41, 5.74) is 0.540. The summed E-state index contributed by atoms with van der Waals surface area (Å²) in [6.07, 6.45) is 1.56. The highest BCUT2D eigenvalue weighted by molar-refractivity contribution is 9.10. The minimum atomic E-state index is -1.04. The molecule has 0 spiro atoms. The number of carboxylic acids is 1. The van der Waals surface area contributed by atoms with Gasteiger partial charge < -0.3 is 10.0 Å². The molecule has 0 aliphatic heterocycles. The smallest absolute Gasteiger partial charge is 0.323 e. The summed E-state index contributed by atoms with van der Waals surface area (Å²) in [6.45, 7) is 5.10. The van der Waals surface area contributed by atoms with Crippen LogP contribution in [0.1, 0.15) is 31.1 Å². The highest BCUT2D eigenvalue weighted by Gasteiger charge is 2.30. The van der Waals surface area contributed by atoms with Crippen LogP contribution in [0.25, 0.3) is 10.9 Å². The molecule has 5 nitrogen and oxygen atoms in total. The molecule has 1 aromatic heterocycles. The summed E-state index contributed by atoms with van der Waals surface area (Å²) in [6, 6.07) is 7.09. The predicted octanol–water partition coefficient (Wildman–Crippen LogP) is 3.32. The normalized spacial score (nSPS) is 11.5. The molecular formula is C16H17BrN2O3. The third-order valence-corrected chi connectivity index (χ3v) is 3.78. The second-order valence-corrected chi connectivity index (χ2v) is 6.89. The third-order valence-electron chi connectivity index (χ3n) is 3.28. The Kier molecular flexibility index (Phi) is 4.51. The van der Waals surface area contributed by atoms with E-state index in [-0.39, 0.29) is 12.5 Å². The number of carbonyl (C=O) groups excluding carboxylic acids is 1. The second kappa shape index (κ2) is 6.04. The van der Waals surface area contributed by atoms with Gasteiger partial charge in [0.25, 0.3) is 5.91 Å². The van der Waals surface area contributed by atoms with Crippen molar-refractivity contribution < 1.29 is 14.7 Å². The van der Waals surface area contributed by atoms with Crippen LogP contribution >= 0.6 is 15.9 Å². The number of fused-ring (bicyclic) bond motifs is 1. The molecule has 1 amide bonds. The number of hydrogen-bond donors (Lipinski definition) is 1. The molecule has 2 rings (SSSR count).